The second-order valence-electron chi connectivity index (χ2n) is 4.74. The predicted octanol–water partition coefficient (Wildman–Crippen LogP) is 3.44. The van der Waals surface area contributed by atoms with Gasteiger partial charge >= 0.3 is 6.18 Å². The van der Waals surface area contributed by atoms with Crippen molar-refractivity contribution in [3.8, 4) is 0 Å². The van der Waals surface area contributed by atoms with Crippen molar-refractivity contribution in [2.24, 2.45) is 0 Å². The summed E-state index contributed by atoms with van der Waals surface area (Å²) in [4.78, 5) is 11.8. The average Bonchev–Trinajstić information content (AvgIpc) is 2.83. The number of amides is 1. The molecule has 110 valence electrons. The molecule has 0 aliphatic carbocycles. The molecule has 0 aromatic heterocycles. The third-order valence-corrected chi connectivity index (χ3v) is 3.49. The summed E-state index contributed by atoms with van der Waals surface area (Å²) in [6.07, 6.45) is -2.34. The van der Waals surface area contributed by atoms with Gasteiger partial charge in [-0.25, -0.2) is 0 Å². The summed E-state index contributed by atoms with van der Waals surface area (Å²) in [6, 6.07) is 2.95. The number of benzene rings is 1. The Labute approximate surface area is 119 Å². The minimum Gasteiger partial charge on any atom is -0.325 e. The van der Waals surface area contributed by atoms with E-state index in [2.05, 4.69) is 10.6 Å². The van der Waals surface area contributed by atoms with Crippen molar-refractivity contribution in [2.75, 3.05) is 11.9 Å². The quantitative estimate of drug-likeness (QED) is 0.898. The molecule has 0 saturated carbocycles. The highest BCUT2D eigenvalue weighted by molar-refractivity contribution is 6.33. The molecule has 1 aliphatic heterocycles. The molecule has 1 unspecified atom stereocenters. The molecule has 2 rings (SSSR count). The molecule has 0 bridgehead atoms. The van der Waals surface area contributed by atoms with Gasteiger partial charge in [0.05, 0.1) is 16.3 Å². The van der Waals surface area contributed by atoms with Crippen molar-refractivity contribution in [3.05, 3.63) is 28.8 Å². The van der Waals surface area contributed by atoms with E-state index < -0.39 is 11.7 Å². The Hall–Kier alpha value is -1.27. The van der Waals surface area contributed by atoms with Crippen LogP contribution >= 0.6 is 11.6 Å². The lowest BCUT2D eigenvalue weighted by molar-refractivity contribution is -0.137. The van der Waals surface area contributed by atoms with Crippen LogP contribution in [0.15, 0.2) is 18.2 Å². The Morgan fingerprint density at radius 2 is 2.20 bits per heavy atom. The highest BCUT2D eigenvalue weighted by Gasteiger charge is 2.31. The highest BCUT2D eigenvalue weighted by atomic mass is 35.5. The fourth-order valence-electron chi connectivity index (χ4n) is 2.15. The molecule has 1 atom stereocenters. The zero-order chi connectivity index (χ0) is 14.8. The van der Waals surface area contributed by atoms with E-state index in [1.807, 2.05) is 0 Å². The first-order valence-electron chi connectivity index (χ1n) is 6.26. The Morgan fingerprint density at radius 1 is 1.45 bits per heavy atom. The van der Waals surface area contributed by atoms with Crippen molar-refractivity contribution in [2.45, 2.75) is 31.5 Å². The molecule has 20 heavy (non-hydrogen) atoms. The van der Waals surface area contributed by atoms with E-state index in [1.165, 1.54) is 0 Å². The number of carbonyl (C=O) groups is 1. The summed E-state index contributed by atoms with van der Waals surface area (Å²) < 4.78 is 37.8. The zero-order valence-electron chi connectivity index (χ0n) is 10.6. The average molecular weight is 307 g/mol. The molecule has 1 aliphatic rings. The van der Waals surface area contributed by atoms with Gasteiger partial charge in [-0.2, -0.15) is 13.2 Å². The summed E-state index contributed by atoms with van der Waals surface area (Å²) in [6.45, 7) is 0.863. The fraction of sp³-hybridized carbons (Fsp3) is 0.462. The van der Waals surface area contributed by atoms with Crippen LogP contribution in [-0.2, 0) is 11.0 Å². The first-order valence-corrected chi connectivity index (χ1v) is 6.64. The number of alkyl halides is 3. The molecule has 0 spiro atoms. The Morgan fingerprint density at radius 3 is 2.80 bits per heavy atom. The van der Waals surface area contributed by atoms with Crippen molar-refractivity contribution < 1.29 is 18.0 Å². The maximum atomic E-state index is 12.6. The van der Waals surface area contributed by atoms with Gasteiger partial charge in [-0.05, 0) is 37.6 Å². The van der Waals surface area contributed by atoms with Crippen molar-refractivity contribution in [1.29, 1.82) is 0 Å². The maximum Gasteiger partial charge on any atom is 0.416 e. The van der Waals surface area contributed by atoms with E-state index in [0.29, 0.717) is 0 Å². The van der Waals surface area contributed by atoms with Gasteiger partial charge in [-0.15, -0.1) is 0 Å². The Kier molecular flexibility index (Phi) is 4.55. The molecule has 1 heterocycles. The van der Waals surface area contributed by atoms with Crippen LogP contribution in [0.5, 0.6) is 0 Å². The Balaban J connectivity index is 2.06. The number of nitrogens with one attached hydrogen (secondary N) is 2. The van der Waals surface area contributed by atoms with E-state index in [0.717, 1.165) is 37.6 Å². The van der Waals surface area contributed by atoms with Crippen molar-refractivity contribution in [3.63, 3.8) is 0 Å². The highest BCUT2D eigenvalue weighted by Crippen LogP contribution is 2.33. The second-order valence-corrected chi connectivity index (χ2v) is 5.15. The van der Waals surface area contributed by atoms with E-state index >= 15 is 0 Å². The third-order valence-electron chi connectivity index (χ3n) is 3.16. The third kappa shape index (κ3) is 3.86. The molecule has 1 amide bonds. The Bertz CT molecular complexity index is 499. The summed E-state index contributed by atoms with van der Waals surface area (Å²) in [5.74, 6) is -0.342. The lowest BCUT2D eigenvalue weighted by Crippen LogP contribution is -2.27. The van der Waals surface area contributed by atoms with E-state index in [4.69, 9.17) is 11.6 Å². The minimum absolute atomic E-state index is 0.00973. The molecule has 1 saturated heterocycles. The number of halogens is 4. The van der Waals surface area contributed by atoms with Gasteiger partial charge in [0.2, 0.25) is 5.91 Å². The van der Waals surface area contributed by atoms with E-state index in [-0.39, 0.29) is 29.1 Å². The second kappa shape index (κ2) is 6.01. The first kappa shape index (κ1) is 15.1. The smallest absolute Gasteiger partial charge is 0.325 e. The fourth-order valence-corrected chi connectivity index (χ4v) is 2.32. The van der Waals surface area contributed by atoms with Crippen LogP contribution in [0.3, 0.4) is 0 Å². The zero-order valence-corrected chi connectivity index (χ0v) is 11.3. The molecule has 3 nitrogen and oxygen atoms in total. The molecular weight excluding hydrogens is 293 g/mol. The van der Waals surface area contributed by atoms with Gasteiger partial charge in [0.25, 0.3) is 0 Å². The molecule has 1 aromatic carbocycles. The molecule has 2 N–H and O–H groups in total. The standard InChI is InChI=1S/C13H14ClF3N2O/c14-10-4-3-8(13(15,16)17)6-11(10)19-12(20)7-9-2-1-5-18-9/h3-4,6,9,18H,1-2,5,7H2,(H,19,20). The van der Waals surface area contributed by atoms with Crippen molar-refractivity contribution in [1.82, 2.24) is 5.32 Å². The number of anilines is 1. The summed E-state index contributed by atoms with van der Waals surface area (Å²) >= 11 is 5.81. The topological polar surface area (TPSA) is 41.1 Å². The summed E-state index contributed by atoms with van der Waals surface area (Å²) in [7, 11) is 0. The van der Waals surface area contributed by atoms with Gasteiger partial charge in [-0.3, -0.25) is 4.79 Å². The van der Waals surface area contributed by atoms with Crippen LogP contribution in [-0.4, -0.2) is 18.5 Å². The number of hydrogen-bond donors (Lipinski definition) is 2. The lowest BCUT2D eigenvalue weighted by atomic mass is 10.1. The van der Waals surface area contributed by atoms with Crippen LogP contribution in [0.2, 0.25) is 5.02 Å². The largest absolute Gasteiger partial charge is 0.416 e. The molecule has 1 aromatic rings. The number of hydrogen-bond acceptors (Lipinski definition) is 2. The van der Waals surface area contributed by atoms with Crippen LogP contribution in [0.25, 0.3) is 0 Å². The summed E-state index contributed by atoms with van der Waals surface area (Å²) in [5, 5.41) is 5.68. The predicted molar refractivity (Wildman–Crippen MR) is 70.7 cm³/mol. The van der Waals surface area contributed by atoms with Crippen LogP contribution in [0.4, 0.5) is 18.9 Å². The normalized spacial score (nSPS) is 19.1. The lowest BCUT2D eigenvalue weighted by Gasteiger charge is -2.13. The van der Waals surface area contributed by atoms with Crippen molar-refractivity contribution >= 4 is 23.2 Å². The molecular formula is C13H14ClF3N2O. The van der Waals surface area contributed by atoms with Crippen LogP contribution < -0.4 is 10.6 Å². The number of rotatable bonds is 3. The van der Waals surface area contributed by atoms with Crippen LogP contribution in [0.1, 0.15) is 24.8 Å². The maximum absolute atomic E-state index is 12.6. The molecule has 1 fully saturated rings. The monoisotopic (exact) mass is 306 g/mol. The first-order chi connectivity index (χ1) is 9.36. The van der Waals surface area contributed by atoms with Crippen LogP contribution in [0, 0.1) is 0 Å². The van der Waals surface area contributed by atoms with E-state index in [9.17, 15) is 18.0 Å². The molecule has 7 heteroatoms. The van der Waals surface area contributed by atoms with Gasteiger partial charge in [-0.1, -0.05) is 11.6 Å². The van der Waals surface area contributed by atoms with E-state index in [1.54, 1.807) is 0 Å². The SMILES string of the molecule is O=C(CC1CCCN1)Nc1cc(C(F)(F)F)ccc1Cl. The summed E-state index contributed by atoms with van der Waals surface area (Å²) in [5.41, 5.74) is -0.847. The number of carbonyl (C=O) groups excluding carboxylic acids is 1. The van der Waals surface area contributed by atoms with Gasteiger partial charge in [0.1, 0.15) is 0 Å². The van der Waals surface area contributed by atoms with Gasteiger partial charge in [0, 0.05) is 12.5 Å². The molecule has 0 radical (unpaired) electrons. The van der Waals surface area contributed by atoms with Gasteiger partial charge in [0.15, 0.2) is 0 Å². The van der Waals surface area contributed by atoms with Gasteiger partial charge < -0.3 is 10.6 Å². The minimum atomic E-state index is -4.46.